The van der Waals surface area contributed by atoms with E-state index < -0.39 is 33.4 Å². The number of hydrogen-bond donors (Lipinski definition) is 0. The standard InChI is InChI=1S/C19H7ClF4N4O2S/c20-9-4-1-5-10(21)11(9)14-12-15(30-27-14)13-16(19(22,23)24)28(8-3-2-6-25-7-8)26-17(13)31-18(12)29/h1-7H. The van der Waals surface area contributed by atoms with Gasteiger partial charge >= 0.3 is 6.18 Å². The number of rotatable bonds is 2. The third-order valence-corrected chi connectivity index (χ3v) is 5.71. The van der Waals surface area contributed by atoms with Crippen LogP contribution in [0.3, 0.4) is 0 Å². The molecule has 5 rings (SSSR count). The molecule has 6 nitrogen and oxygen atoms in total. The summed E-state index contributed by atoms with van der Waals surface area (Å²) in [6.45, 7) is 0. The summed E-state index contributed by atoms with van der Waals surface area (Å²) in [6, 6.07) is 6.65. The Bertz CT molecular complexity index is 1510. The lowest BCUT2D eigenvalue weighted by molar-refractivity contribution is -0.141. The van der Waals surface area contributed by atoms with Gasteiger partial charge in [-0.15, -0.1) is 0 Å². The number of hydrogen-bond acceptors (Lipinski definition) is 6. The molecule has 0 aliphatic carbocycles. The first-order valence-corrected chi connectivity index (χ1v) is 9.74. The molecule has 4 aromatic heterocycles. The number of nitrogens with zero attached hydrogens (tertiary/aromatic N) is 4. The van der Waals surface area contributed by atoms with Crippen molar-refractivity contribution < 1.29 is 22.1 Å². The first-order valence-electron chi connectivity index (χ1n) is 8.54. The predicted molar refractivity (Wildman–Crippen MR) is 106 cm³/mol. The Morgan fingerprint density at radius 2 is 1.94 bits per heavy atom. The summed E-state index contributed by atoms with van der Waals surface area (Å²) >= 11 is 6.52. The van der Waals surface area contributed by atoms with Crippen molar-refractivity contribution in [3.8, 4) is 16.9 Å². The van der Waals surface area contributed by atoms with Gasteiger partial charge in [0.1, 0.15) is 16.9 Å². The van der Waals surface area contributed by atoms with E-state index in [-0.39, 0.29) is 32.2 Å². The molecular formula is C19H7ClF4N4O2S. The minimum Gasteiger partial charge on any atom is -0.355 e. The number of aromatic nitrogens is 4. The highest BCUT2D eigenvalue weighted by molar-refractivity contribution is 7.16. The van der Waals surface area contributed by atoms with E-state index in [4.69, 9.17) is 16.1 Å². The largest absolute Gasteiger partial charge is 0.434 e. The summed E-state index contributed by atoms with van der Waals surface area (Å²) in [5.41, 5.74) is -2.09. The van der Waals surface area contributed by atoms with E-state index in [1.165, 1.54) is 36.7 Å². The highest BCUT2D eigenvalue weighted by Crippen LogP contribution is 2.42. The molecule has 5 aromatic rings. The van der Waals surface area contributed by atoms with Crippen molar-refractivity contribution in [3.05, 3.63) is 68.8 Å². The van der Waals surface area contributed by atoms with Crippen molar-refractivity contribution in [2.24, 2.45) is 0 Å². The van der Waals surface area contributed by atoms with Crippen LogP contribution in [0.2, 0.25) is 5.02 Å². The molecule has 0 bridgehead atoms. The van der Waals surface area contributed by atoms with Crippen LogP contribution in [0.1, 0.15) is 5.69 Å². The predicted octanol–water partition coefficient (Wildman–Crippen LogP) is 5.46. The Labute approximate surface area is 178 Å². The van der Waals surface area contributed by atoms with Gasteiger partial charge in [0, 0.05) is 6.20 Å². The van der Waals surface area contributed by atoms with E-state index >= 15 is 0 Å². The first-order chi connectivity index (χ1) is 14.8. The maximum Gasteiger partial charge on any atom is 0.434 e. The summed E-state index contributed by atoms with van der Waals surface area (Å²) in [5.74, 6) is -0.797. The molecular weight excluding hydrogens is 460 g/mol. The van der Waals surface area contributed by atoms with Crippen LogP contribution in [0.25, 0.3) is 38.1 Å². The van der Waals surface area contributed by atoms with Crippen LogP contribution in [0.15, 0.2) is 52.0 Å². The normalized spacial score (nSPS) is 12.2. The zero-order chi connectivity index (χ0) is 21.9. The summed E-state index contributed by atoms with van der Waals surface area (Å²) in [5, 5.41) is 6.83. The zero-order valence-corrected chi connectivity index (χ0v) is 16.5. The van der Waals surface area contributed by atoms with Gasteiger partial charge in [-0.1, -0.05) is 34.2 Å². The highest BCUT2D eigenvalue weighted by Gasteiger charge is 2.41. The summed E-state index contributed by atoms with van der Waals surface area (Å²) in [6.07, 6.45) is -2.26. The lowest BCUT2D eigenvalue weighted by Gasteiger charge is -2.10. The van der Waals surface area contributed by atoms with Gasteiger partial charge < -0.3 is 4.52 Å². The van der Waals surface area contributed by atoms with E-state index in [2.05, 4.69) is 15.2 Å². The fraction of sp³-hybridized carbons (Fsp3) is 0.0526. The molecule has 1 aromatic carbocycles. The van der Waals surface area contributed by atoms with Gasteiger partial charge in [0.05, 0.1) is 27.9 Å². The Kier molecular flexibility index (Phi) is 4.34. The van der Waals surface area contributed by atoms with Crippen LogP contribution in [0.5, 0.6) is 0 Å². The Balaban J connectivity index is 1.93. The maximum atomic E-state index is 14.4. The molecule has 12 heteroatoms. The second kappa shape index (κ2) is 6.86. The third-order valence-electron chi connectivity index (χ3n) is 4.52. The quantitative estimate of drug-likeness (QED) is 0.323. The van der Waals surface area contributed by atoms with E-state index in [0.29, 0.717) is 16.0 Å². The molecule has 0 aliphatic heterocycles. The Morgan fingerprint density at radius 1 is 1.13 bits per heavy atom. The molecule has 0 fully saturated rings. The van der Waals surface area contributed by atoms with Crippen molar-refractivity contribution in [2.45, 2.75) is 6.18 Å². The monoisotopic (exact) mass is 466 g/mol. The lowest BCUT2D eigenvalue weighted by Crippen LogP contribution is -2.13. The van der Waals surface area contributed by atoms with Gasteiger partial charge in [-0.3, -0.25) is 9.78 Å². The third kappa shape index (κ3) is 3.00. The molecule has 0 N–H and O–H groups in total. The molecule has 156 valence electrons. The molecule has 0 atom stereocenters. The molecule has 0 aliphatic rings. The molecule has 4 heterocycles. The molecule has 0 amide bonds. The summed E-state index contributed by atoms with van der Waals surface area (Å²) in [4.78, 5) is 16.4. The van der Waals surface area contributed by atoms with Gasteiger partial charge in [-0.2, -0.15) is 18.3 Å². The van der Waals surface area contributed by atoms with Crippen LogP contribution in [-0.2, 0) is 6.18 Å². The van der Waals surface area contributed by atoms with Crippen LogP contribution in [0.4, 0.5) is 17.6 Å². The molecule has 0 saturated carbocycles. The number of halogens is 5. The van der Waals surface area contributed by atoms with E-state index in [1.807, 2.05) is 0 Å². The number of alkyl halides is 3. The Morgan fingerprint density at radius 3 is 2.61 bits per heavy atom. The topological polar surface area (TPSA) is 73.8 Å². The molecule has 0 saturated heterocycles. The van der Waals surface area contributed by atoms with Crippen molar-refractivity contribution in [1.29, 1.82) is 0 Å². The van der Waals surface area contributed by atoms with Crippen molar-refractivity contribution in [2.75, 3.05) is 0 Å². The van der Waals surface area contributed by atoms with Crippen molar-refractivity contribution in [1.82, 2.24) is 19.9 Å². The minimum atomic E-state index is -4.86. The summed E-state index contributed by atoms with van der Waals surface area (Å²) < 4.78 is 61.8. The van der Waals surface area contributed by atoms with Crippen LogP contribution >= 0.6 is 22.9 Å². The first kappa shape index (κ1) is 19.6. The van der Waals surface area contributed by atoms with Crippen LogP contribution in [-0.4, -0.2) is 19.9 Å². The average molecular weight is 467 g/mol. The van der Waals surface area contributed by atoms with E-state index in [1.54, 1.807) is 0 Å². The SMILES string of the molecule is O=c1sc2nn(-c3cccnc3)c(C(F)(F)F)c2c2onc(-c3c(F)cccc3Cl)c12. The lowest BCUT2D eigenvalue weighted by atomic mass is 10.1. The Hall–Kier alpha value is -3.31. The van der Waals surface area contributed by atoms with E-state index in [9.17, 15) is 22.4 Å². The highest BCUT2D eigenvalue weighted by atomic mass is 35.5. The maximum absolute atomic E-state index is 14.4. The fourth-order valence-corrected chi connectivity index (χ4v) is 4.42. The molecule has 31 heavy (non-hydrogen) atoms. The second-order valence-corrected chi connectivity index (χ2v) is 7.74. The number of pyridine rings is 1. The molecule has 0 unspecified atom stereocenters. The molecule has 0 spiro atoms. The average Bonchev–Trinajstić information content (AvgIpc) is 3.31. The van der Waals surface area contributed by atoms with Crippen molar-refractivity contribution in [3.63, 3.8) is 0 Å². The van der Waals surface area contributed by atoms with Crippen LogP contribution in [0, 0.1) is 5.82 Å². The zero-order valence-electron chi connectivity index (χ0n) is 14.9. The summed E-state index contributed by atoms with van der Waals surface area (Å²) in [7, 11) is 0. The fourth-order valence-electron chi connectivity index (χ4n) is 3.29. The number of benzene rings is 1. The van der Waals surface area contributed by atoms with Crippen molar-refractivity contribution >= 4 is 44.1 Å². The second-order valence-electron chi connectivity index (χ2n) is 6.37. The minimum absolute atomic E-state index is 0.0377. The van der Waals surface area contributed by atoms with E-state index in [0.717, 1.165) is 6.07 Å². The van der Waals surface area contributed by atoms with Crippen LogP contribution < -0.4 is 4.74 Å². The number of fused-ring (bicyclic) bond motifs is 3. The van der Waals surface area contributed by atoms with Gasteiger partial charge in [0.15, 0.2) is 16.1 Å². The van der Waals surface area contributed by atoms with Gasteiger partial charge in [-0.05, 0) is 24.3 Å². The van der Waals surface area contributed by atoms with Gasteiger partial charge in [0.25, 0.3) is 0 Å². The smallest absolute Gasteiger partial charge is 0.355 e. The van der Waals surface area contributed by atoms with Gasteiger partial charge in [-0.25, -0.2) is 9.07 Å². The van der Waals surface area contributed by atoms with Gasteiger partial charge in [0.2, 0.25) is 4.74 Å². The molecule has 0 radical (unpaired) electrons.